The average molecular weight is 435 g/mol. The van der Waals surface area contributed by atoms with Gasteiger partial charge < -0.3 is 14.6 Å². The van der Waals surface area contributed by atoms with Crippen molar-refractivity contribution in [3.8, 4) is 0 Å². The quantitative estimate of drug-likeness (QED) is 0.639. The zero-order valence-electron chi connectivity index (χ0n) is 18.1. The van der Waals surface area contributed by atoms with E-state index in [1.54, 1.807) is 6.92 Å². The van der Waals surface area contributed by atoms with Gasteiger partial charge >= 0.3 is 5.97 Å². The Labute approximate surface area is 181 Å². The predicted molar refractivity (Wildman–Crippen MR) is 116 cm³/mol. The van der Waals surface area contributed by atoms with Gasteiger partial charge in [0.25, 0.3) is 0 Å². The van der Waals surface area contributed by atoms with Crippen molar-refractivity contribution in [1.29, 1.82) is 0 Å². The number of aromatic nitrogens is 1. The molecule has 0 saturated carbocycles. The SMILES string of the molecule is CCOC(=O)c1c(NC(=O)CN2CCN(Cc3cc(C)no3)CC2)sc(C)c1CC. The Balaban J connectivity index is 1.54. The molecular weight excluding hydrogens is 404 g/mol. The zero-order chi connectivity index (χ0) is 21.7. The summed E-state index contributed by atoms with van der Waals surface area (Å²) in [6.45, 7) is 12.3. The number of nitrogens with zero attached hydrogens (tertiary/aromatic N) is 3. The number of carbonyl (C=O) groups is 2. The monoisotopic (exact) mass is 434 g/mol. The maximum absolute atomic E-state index is 12.7. The molecule has 0 atom stereocenters. The van der Waals surface area contributed by atoms with E-state index in [9.17, 15) is 9.59 Å². The van der Waals surface area contributed by atoms with E-state index in [1.165, 1.54) is 11.3 Å². The Bertz CT molecular complexity index is 884. The van der Waals surface area contributed by atoms with E-state index in [-0.39, 0.29) is 11.9 Å². The van der Waals surface area contributed by atoms with Crippen LogP contribution in [0.3, 0.4) is 0 Å². The zero-order valence-corrected chi connectivity index (χ0v) is 18.9. The van der Waals surface area contributed by atoms with E-state index < -0.39 is 0 Å². The number of hydrogen-bond donors (Lipinski definition) is 1. The van der Waals surface area contributed by atoms with Crippen LogP contribution in [0.4, 0.5) is 5.00 Å². The summed E-state index contributed by atoms with van der Waals surface area (Å²) in [5.74, 6) is 0.388. The summed E-state index contributed by atoms with van der Waals surface area (Å²) in [7, 11) is 0. The number of hydrogen-bond acceptors (Lipinski definition) is 8. The highest BCUT2D eigenvalue weighted by Gasteiger charge is 2.25. The van der Waals surface area contributed by atoms with Crippen LogP contribution in [-0.2, 0) is 22.5 Å². The van der Waals surface area contributed by atoms with Gasteiger partial charge in [0.1, 0.15) is 5.00 Å². The first-order chi connectivity index (χ1) is 14.4. The largest absolute Gasteiger partial charge is 0.462 e. The normalized spacial score (nSPS) is 15.3. The average Bonchev–Trinajstić information content (AvgIpc) is 3.25. The molecule has 0 spiro atoms. The van der Waals surface area contributed by atoms with E-state index in [1.807, 2.05) is 26.8 Å². The van der Waals surface area contributed by atoms with Crippen LogP contribution in [0.2, 0.25) is 0 Å². The number of thiophene rings is 1. The van der Waals surface area contributed by atoms with Crippen LogP contribution in [0, 0.1) is 13.8 Å². The van der Waals surface area contributed by atoms with Gasteiger partial charge in [-0.1, -0.05) is 12.1 Å². The highest BCUT2D eigenvalue weighted by atomic mass is 32.1. The maximum Gasteiger partial charge on any atom is 0.341 e. The minimum Gasteiger partial charge on any atom is -0.462 e. The molecule has 1 fully saturated rings. The van der Waals surface area contributed by atoms with Crippen LogP contribution in [0.15, 0.2) is 10.6 Å². The summed E-state index contributed by atoms with van der Waals surface area (Å²) >= 11 is 1.44. The van der Waals surface area contributed by atoms with Crippen molar-refractivity contribution in [3.63, 3.8) is 0 Å². The number of amides is 1. The van der Waals surface area contributed by atoms with Crippen molar-refractivity contribution in [1.82, 2.24) is 15.0 Å². The smallest absolute Gasteiger partial charge is 0.341 e. The van der Waals surface area contributed by atoms with Crippen molar-refractivity contribution in [3.05, 3.63) is 33.5 Å². The molecule has 1 saturated heterocycles. The number of piperazine rings is 1. The lowest BCUT2D eigenvalue weighted by molar-refractivity contribution is -0.117. The van der Waals surface area contributed by atoms with Gasteiger partial charge in [0.2, 0.25) is 5.91 Å². The molecule has 0 aromatic carbocycles. The predicted octanol–water partition coefficient (Wildman–Crippen LogP) is 2.85. The number of ether oxygens (including phenoxy) is 1. The molecule has 0 radical (unpaired) electrons. The molecule has 30 heavy (non-hydrogen) atoms. The van der Waals surface area contributed by atoms with Crippen LogP contribution in [-0.4, -0.2) is 66.2 Å². The molecule has 1 aliphatic heterocycles. The van der Waals surface area contributed by atoms with Gasteiger partial charge in [-0.05, 0) is 32.8 Å². The Morgan fingerprint density at radius 1 is 1.20 bits per heavy atom. The third-order valence-corrected chi connectivity index (χ3v) is 6.25. The van der Waals surface area contributed by atoms with Gasteiger partial charge in [0.15, 0.2) is 5.76 Å². The molecule has 8 nitrogen and oxygen atoms in total. The Morgan fingerprint density at radius 2 is 1.90 bits per heavy atom. The molecule has 0 bridgehead atoms. The van der Waals surface area contributed by atoms with Crippen LogP contribution in [0.1, 0.15) is 46.1 Å². The van der Waals surface area contributed by atoms with Gasteiger partial charge in [-0.3, -0.25) is 14.6 Å². The molecule has 1 N–H and O–H groups in total. The standard InChI is InChI=1S/C21H30N4O4S/c1-5-17-15(4)30-20(19(17)21(27)28-6-2)22-18(26)13-25-9-7-24(8-10-25)12-16-11-14(3)23-29-16/h11H,5-10,12-13H2,1-4H3,(H,22,26). The minimum atomic E-state index is -0.370. The number of nitrogens with one attached hydrogen (secondary N) is 1. The first-order valence-electron chi connectivity index (χ1n) is 10.4. The van der Waals surface area contributed by atoms with E-state index >= 15 is 0 Å². The van der Waals surface area contributed by atoms with Gasteiger partial charge in [0, 0.05) is 37.1 Å². The minimum absolute atomic E-state index is 0.108. The molecular formula is C21H30N4O4S. The summed E-state index contributed by atoms with van der Waals surface area (Å²) < 4.78 is 10.5. The summed E-state index contributed by atoms with van der Waals surface area (Å²) in [6, 6.07) is 1.95. The second kappa shape index (κ2) is 10.2. The molecule has 2 aromatic heterocycles. The highest BCUT2D eigenvalue weighted by Crippen LogP contribution is 2.34. The van der Waals surface area contributed by atoms with Crippen LogP contribution in [0.25, 0.3) is 0 Å². The van der Waals surface area contributed by atoms with Crippen molar-refractivity contribution in [2.24, 2.45) is 0 Å². The number of esters is 1. The lowest BCUT2D eigenvalue weighted by atomic mass is 10.1. The molecule has 3 rings (SSSR count). The van der Waals surface area contributed by atoms with Crippen molar-refractivity contribution < 1.29 is 18.8 Å². The van der Waals surface area contributed by atoms with Crippen molar-refractivity contribution >= 4 is 28.2 Å². The van der Waals surface area contributed by atoms with E-state index in [4.69, 9.17) is 9.26 Å². The lowest BCUT2D eigenvalue weighted by Gasteiger charge is -2.33. The van der Waals surface area contributed by atoms with Crippen molar-refractivity contribution in [2.75, 3.05) is 44.6 Å². The third-order valence-electron chi connectivity index (χ3n) is 5.18. The molecule has 0 unspecified atom stereocenters. The molecule has 9 heteroatoms. The Morgan fingerprint density at radius 3 is 2.50 bits per heavy atom. The molecule has 2 aromatic rings. The van der Waals surface area contributed by atoms with Gasteiger partial charge in [-0.15, -0.1) is 11.3 Å². The third kappa shape index (κ3) is 5.47. The van der Waals surface area contributed by atoms with Gasteiger partial charge in [-0.2, -0.15) is 0 Å². The maximum atomic E-state index is 12.7. The van der Waals surface area contributed by atoms with Crippen molar-refractivity contribution in [2.45, 2.75) is 40.7 Å². The fraction of sp³-hybridized carbons (Fsp3) is 0.571. The van der Waals surface area contributed by atoms with E-state index in [0.717, 1.165) is 61.0 Å². The molecule has 0 aliphatic carbocycles. The number of aryl methyl sites for hydroxylation is 2. The fourth-order valence-electron chi connectivity index (χ4n) is 3.70. The van der Waals surface area contributed by atoms with Crippen LogP contribution >= 0.6 is 11.3 Å². The van der Waals surface area contributed by atoms with Gasteiger partial charge in [-0.25, -0.2) is 4.79 Å². The summed E-state index contributed by atoms with van der Waals surface area (Å²) in [5, 5.41) is 7.46. The molecule has 3 heterocycles. The summed E-state index contributed by atoms with van der Waals surface area (Å²) in [4.78, 5) is 30.5. The molecule has 1 aliphatic rings. The summed E-state index contributed by atoms with van der Waals surface area (Å²) in [5.41, 5.74) is 2.34. The first kappa shape index (κ1) is 22.5. The summed E-state index contributed by atoms with van der Waals surface area (Å²) in [6.07, 6.45) is 0.721. The lowest BCUT2D eigenvalue weighted by Crippen LogP contribution is -2.48. The molecule has 164 valence electrons. The topological polar surface area (TPSA) is 87.9 Å². The second-order valence-electron chi connectivity index (χ2n) is 7.45. The van der Waals surface area contributed by atoms with E-state index in [0.29, 0.717) is 23.7 Å². The Hall–Kier alpha value is -2.23. The fourth-order valence-corrected chi connectivity index (χ4v) is 4.85. The highest BCUT2D eigenvalue weighted by molar-refractivity contribution is 7.16. The van der Waals surface area contributed by atoms with Gasteiger partial charge in [0.05, 0.1) is 31.0 Å². The number of anilines is 1. The first-order valence-corrected chi connectivity index (χ1v) is 11.2. The second-order valence-corrected chi connectivity index (χ2v) is 8.67. The number of carbonyl (C=O) groups excluding carboxylic acids is 2. The number of rotatable bonds is 8. The van der Waals surface area contributed by atoms with E-state index in [2.05, 4.69) is 20.3 Å². The Kier molecular flexibility index (Phi) is 7.63. The molecule has 1 amide bonds. The van der Waals surface area contributed by atoms with Crippen LogP contribution < -0.4 is 5.32 Å². The van der Waals surface area contributed by atoms with Crippen LogP contribution in [0.5, 0.6) is 0 Å².